The molecule has 0 aromatic carbocycles. The van der Waals surface area contributed by atoms with Gasteiger partial charge in [0.05, 0.1) is 6.54 Å². The van der Waals surface area contributed by atoms with E-state index in [0.29, 0.717) is 17.1 Å². The molecule has 1 unspecified atom stereocenters. The SMILES string of the molecule is CN(CC(=O)NCC(N)C1CC1)C(=O)c1ccc(Br)o1.Cl. The monoisotopic (exact) mass is 379 g/mol. The Morgan fingerprint density at radius 2 is 2.19 bits per heavy atom. The molecule has 118 valence electrons. The molecule has 2 rings (SSSR count). The Morgan fingerprint density at radius 3 is 2.71 bits per heavy atom. The molecule has 0 bridgehead atoms. The van der Waals surface area contributed by atoms with Crippen molar-refractivity contribution in [1.82, 2.24) is 10.2 Å². The summed E-state index contributed by atoms with van der Waals surface area (Å²) in [7, 11) is 1.55. The molecule has 0 spiro atoms. The zero-order valence-electron chi connectivity index (χ0n) is 11.7. The maximum Gasteiger partial charge on any atom is 0.289 e. The number of halogens is 2. The fourth-order valence-electron chi connectivity index (χ4n) is 1.88. The number of nitrogens with zero attached hydrogens (tertiary/aromatic N) is 1. The molecule has 1 atom stereocenters. The van der Waals surface area contributed by atoms with Crippen LogP contribution in [0.2, 0.25) is 0 Å². The average Bonchev–Trinajstić information content (AvgIpc) is 3.17. The van der Waals surface area contributed by atoms with E-state index in [4.69, 9.17) is 10.2 Å². The number of likely N-dealkylation sites (N-methyl/N-ethyl adjacent to an activating group) is 1. The fourth-order valence-corrected chi connectivity index (χ4v) is 2.19. The van der Waals surface area contributed by atoms with Crippen molar-refractivity contribution in [3.63, 3.8) is 0 Å². The second-order valence-corrected chi connectivity index (χ2v) is 5.85. The zero-order valence-corrected chi connectivity index (χ0v) is 14.1. The van der Waals surface area contributed by atoms with Gasteiger partial charge in [0.15, 0.2) is 10.4 Å². The van der Waals surface area contributed by atoms with Crippen LogP contribution in [0.25, 0.3) is 0 Å². The molecular formula is C13H19BrClN3O3. The Hall–Kier alpha value is -1.05. The molecule has 0 aliphatic heterocycles. The predicted octanol–water partition coefficient (Wildman–Crippen LogP) is 1.39. The van der Waals surface area contributed by atoms with Crippen LogP contribution in [0.5, 0.6) is 0 Å². The molecular weight excluding hydrogens is 362 g/mol. The van der Waals surface area contributed by atoms with Gasteiger partial charge in [-0.05, 0) is 46.8 Å². The summed E-state index contributed by atoms with van der Waals surface area (Å²) in [5, 5.41) is 2.75. The van der Waals surface area contributed by atoms with Crippen LogP contribution in [-0.2, 0) is 4.79 Å². The van der Waals surface area contributed by atoms with Crippen molar-refractivity contribution in [2.75, 3.05) is 20.1 Å². The summed E-state index contributed by atoms with van der Waals surface area (Å²) in [5.74, 6) is 0.178. The molecule has 0 saturated heterocycles. The first-order valence-electron chi connectivity index (χ1n) is 6.50. The molecule has 0 radical (unpaired) electrons. The van der Waals surface area contributed by atoms with Crippen molar-refractivity contribution in [3.05, 3.63) is 22.6 Å². The lowest BCUT2D eigenvalue weighted by Gasteiger charge is -2.17. The first-order valence-corrected chi connectivity index (χ1v) is 7.29. The minimum absolute atomic E-state index is 0. The summed E-state index contributed by atoms with van der Waals surface area (Å²) in [6.45, 7) is 0.437. The van der Waals surface area contributed by atoms with Gasteiger partial charge in [0, 0.05) is 19.6 Å². The number of hydrogen-bond donors (Lipinski definition) is 2. The van der Waals surface area contributed by atoms with E-state index in [1.54, 1.807) is 19.2 Å². The van der Waals surface area contributed by atoms with Crippen LogP contribution in [0.1, 0.15) is 23.4 Å². The van der Waals surface area contributed by atoms with E-state index >= 15 is 0 Å². The number of furan rings is 1. The lowest BCUT2D eigenvalue weighted by Crippen LogP contribution is -2.43. The van der Waals surface area contributed by atoms with Gasteiger partial charge in [0.25, 0.3) is 5.91 Å². The molecule has 2 amide bonds. The number of carbonyl (C=O) groups is 2. The number of nitrogens with two attached hydrogens (primary N) is 1. The average molecular weight is 381 g/mol. The molecule has 8 heteroatoms. The molecule has 3 N–H and O–H groups in total. The quantitative estimate of drug-likeness (QED) is 0.780. The normalized spacial score (nSPS) is 15.0. The van der Waals surface area contributed by atoms with Crippen molar-refractivity contribution in [2.24, 2.45) is 11.7 Å². The summed E-state index contributed by atoms with van der Waals surface area (Å²) < 4.78 is 5.64. The van der Waals surface area contributed by atoms with Gasteiger partial charge in [-0.15, -0.1) is 12.4 Å². The van der Waals surface area contributed by atoms with Gasteiger partial charge in [-0.2, -0.15) is 0 Å². The standard InChI is InChI=1S/C13H18BrN3O3.ClH/c1-17(13(19)10-4-5-11(14)20-10)7-12(18)16-6-9(15)8-2-3-8;/h4-5,8-9H,2-3,6-7,15H2,1H3,(H,16,18);1H. The van der Waals surface area contributed by atoms with Crippen LogP contribution in [0.3, 0.4) is 0 Å². The van der Waals surface area contributed by atoms with E-state index in [1.165, 1.54) is 4.90 Å². The number of nitrogens with one attached hydrogen (secondary N) is 1. The Kier molecular flexibility index (Phi) is 6.70. The largest absolute Gasteiger partial charge is 0.444 e. The Bertz CT molecular complexity index is 505. The molecule has 6 nitrogen and oxygen atoms in total. The minimum atomic E-state index is -0.336. The predicted molar refractivity (Wildman–Crippen MR) is 84.3 cm³/mol. The Labute approximate surface area is 137 Å². The summed E-state index contributed by atoms with van der Waals surface area (Å²) >= 11 is 3.13. The van der Waals surface area contributed by atoms with Crippen molar-refractivity contribution in [2.45, 2.75) is 18.9 Å². The molecule has 1 heterocycles. The molecule has 1 aromatic heterocycles. The van der Waals surface area contributed by atoms with Crippen molar-refractivity contribution in [1.29, 1.82) is 0 Å². The lowest BCUT2D eigenvalue weighted by atomic mass is 10.2. The van der Waals surface area contributed by atoms with Crippen LogP contribution >= 0.6 is 28.3 Å². The number of hydrogen-bond acceptors (Lipinski definition) is 4. The topological polar surface area (TPSA) is 88.6 Å². The van der Waals surface area contributed by atoms with Gasteiger partial charge in [0.2, 0.25) is 5.91 Å². The third kappa shape index (κ3) is 5.33. The summed E-state index contributed by atoms with van der Waals surface area (Å²) in [6.07, 6.45) is 2.28. The Balaban J connectivity index is 0.00000220. The van der Waals surface area contributed by atoms with Gasteiger partial charge in [-0.3, -0.25) is 9.59 Å². The van der Waals surface area contributed by atoms with Crippen LogP contribution in [0.4, 0.5) is 0 Å². The van der Waals surface area contributed by atoms with E-state index in [2.05, 4.69) is 21.2 Å². The van der Waals surface area contributed by atoms with Gasteiger partial charge >= 0.3 is 0 Å². The van der Waals surface area contributed by atoms with E-state index in [9.17, 15) is 9.59 Å². The highest BCUT2D eigenvalue weighted by molar-refractivity contribution is 9.10. The smallest absolute Gasteiger partial charge is 0.289 e. The number of carbonyl (C=O) groups excluding carboxylic acids is 2. The maximum absolute atomic E-state index is 12.0. The Morgan fingerprint density at radius 1 is 1.52 bits per heavy atom. The summed E-state index contributed by atoms with van der Waals surface area (Å²) in [4.78, 5) is 25.0. The molecule has 21 heavy (non-hydrogen) atoms. The van der Waals surface area contributed by atoms with E-state index < -0.39 is 0 Å². The fraction of sp³-hybridized carbons (Fsp3) is 0.538. The minimum Gasteiger partial charge on any atom is -0.444 e. The van der Waals surface area contributed by atoms with Crippen molar-refractivity contribution in [3.8, 4) is 0 Å². The van der Waals surface area contributed by atoms with Gasteiger partial charge < -0.3 is 20.4 Å². The van der Waals surface area contributed by atoms with Crippen LogP contribution in [0.15, 0.2) is 21.2 Å². The summed E-state index contributed by atoms with van der Waals surface area (Å²) in [5.41, 5.74) is 5.90. The molecule has 1 fully saturated rings. The third-order valence-electron chi connectivity index (χ3n) is 3.27. The highest BCUT2D eigenvalue weighted by Gasteiger charge is 2.28. The summed E-state index contributed by atoms with van der Waals surface area (Å²) in [6, 6.07) is 3.21. The van der Waals surface area contributed by atoms with Gasteiger partial charge in [0.1, 0.15) is 0 Å². The van der Waals surface area contributed by atoms with E-state index in [0.717, 1.165) is 12.8 Å². The van der Waals surface area contributed by atoms with Crippen LogP contribution in [0, 0.1) is 5.92 Å². The third-order valence-corrected chi connectivity index (χ3v) is 3.70. The zero-order chi connectivity index (χ0) is 14.7. The van der Waals surface area contributed by atoms with Gasteiger partial charge in [-0.1, -0.05) is 0 Å². The molecule has 1 aliphatic rings. The highest BCUT2D eigenvalue weighted by Crippen LogP contribution is 2.31. The maximum atomic E-state index is 12.0. The number of amides is 2. The van der Waals surface area contributed by atoms with Crippen molar-refractivity contribution >= 4 is 40.2 Å². The van der Waals surface area contributed by atoms with E-state index in [-0.39, 0.29) is 42.6 Å². The van der Waals surface area contributed by atoms with Crippen molar-refractivity contribution < 1.29 is 14.0 Å². The second-order valence-electron chi connectivity index (χ2n) is 5.07. The lowest BCUT2D eigenvalue weighted by molar-refractivity contribution is -0.121. The van der Waals surface area contributed by atoms with Crippen LogP contribution < -0.4 is 11.1 Å². The number of rotatable bonds is 6. The highest BCUT2D eigenvalue weighted by atomic mass is 79.9. The first kappa shape index (κ1) is 18.0. The van der Waals surface area contributed by atoms with Gasteiger partial charge in [-0.25, -0.2) is 0 Å². The second kappa shape index (κ2) is 7.82. The first-order chi connectivity index (χ1) is 9.47. The molecule has 1 saturated carbocycles. The van der Waals surface area contributed by atoms with Crippen LogP contribution in [-0.4, -0.2) is 42.9 Å². The molecule has 1 aliphatic carbocycles. The van der Waals surface area contributed by atoms with E-state index in [1.807, 2.05) is 0 Å². The molecule has 1 aromatic rings.